The van der Waals surface area contributed by atoms with Crippen molar-refractivity contribution in [2.75, 3.05) is 19.7 Å². The van der Waals surface area contributed by atoms with Crippen LogP contribution in [0.15, 0.2) is 24.3 Å². The second-order valence-corrected chi connectivity index (χ2v) is 3.75. The van der Waals surface area contributed by atoms with Crippen molar-refractivity contribution in [3.63, 3.8) is 0 Å². The van der Waals surface area contributed by atoms with Crippen LogP contribution in [0, 0.1) is 0 Å². The van der Waals surface area contributed by atoms with Crippen molar-refractivity contribution in [2.24, 2.45) is 5.73 Å². The summed E-state index contributed by atoms with van der Waals surface area (Å²) in [5.41, 5.74) is 6.69. The van der Waals surface area contributed by atoms with E-state index in [2.05, 4.69) is 5.32 Å². The summed E-state index contributed by atoms with van der Waals surface area (Å²) >= 11 is 6.07. The van der Waals surface area contributed by atoms with Gasteiger partial charge in [0.1, 0.15) is 0 Å². The second-order valence-electron chi connectivity index (χ2n) is 3.34. The van der Waals surface area contributed by atoms with Crippen LogP contribution in [0.25, 0.3) is 0 Å². The van der Waals surface area contributed by atoms with Gasteiger partial charge in [-0.15, -0.1) is 0 Å². The zero-order chi connectivity index (χ0) is 11.1. The Hall–Kier alpha value is -0.610. The quantitative estimate of drug-likeness (QED) is 0.644. The molecule has 0 amide bonds. The highest BCUT2D eigenvalue weighted by Crippen LogP contribution is 2.21. The Balaban J connectivity index is 2.61. The van der Waals surface area contributed by atoms with Crippen molar-refractivity contribution in [3.05, 3.63) is 34.9 Å². The standard InChI is InChI=1S/C11H17ClN2O/c12-10-5-2-1-4-9(10)11(8-13)14-6-3-7-15/h1-2,4-5,11,14-15H,3,6-8,13H2. The Morgan fingerprint density at radius 2 is 2.13 bits per heavy atom. The number of nitrogens with two attached hydrogens (primary N) is 1. The van der Waals surface area contributed by atoms with Gasteiger partial charge in [0, 0.05) is 24.2 Å². The minimum absolute atomic E-state index is 0.0604. The smallest absolute Gasteiger partial charge is 0.0459 e. The molecule has 0 saturated carbocycles. The van der Waals surface area contributed by atoms with E-state index in [0.717, 1.165) is 23.6 Å². The lowest BCUT2D eigenvalue weighted by atomic mass is 10.1. The number of halogens is 1. The molecule has 1 unspecified atom stereocenters. The van der Waals surface area contributed by atoms with Gasteiger partial charge >= 0.3 is 0 Å². The van der Waals surface area contributed by atoms with Gasteiger partial charge in [0.2, 0.25) is 0 Å². The van der Waals surface area contributed by atoms with Crippen molar-refractivity contribution in [1.29, 1.82) is 0 Å². The lowest BCUT2D eigenvalue weighted by Gasteiger charge is -2.18. The molecular weight excluding hydrogens is 212 g/mol. The molecule has 1 aromatic rings. The fraction of sp³-hybridized carbons (Fsp3) is 0.455. The number of benzene rings is 1. The summed E-state index contributed by atoms with van der Waals surface area (Å²) < 4.78 is 0. The molecular formula is C11H17ClN2O. The van der Waals surface area contributed by atoms with Crippen LogP contribution in [0.2, 0.25) is 5.02 Å². The summed E-state index contributed by atoms with van der Waals surface area (Å²) in [5.74, 6) is 0. The highest BCUT2D eigenvalue weighted by atomic mass is 35.5. The van der Waals surface area contributed by atoms with Gasteiger partial charge in [-0.05, 0) is 24.6 Å². The van der Waals surface area contributed by atoms with Crippen LogP contribution in [-0.4, -0.2) is 24.8 Å². The minimum Gasteiger partial charge on any atom is -0.396 e. The van der Waals surface area contributed by atoms with Gasteiger partial charge < -0.3 is 16.2 Å². The Morgan fingerprint density at radius 1 is 1.40 bits per heavy atom. The predicted molar refractivity (Wildman–Crippen MR) is 63.0 cm³/mol. The summed E-state index contributed by atoms with van der Waals surface area (Å²) in [5, 5.41) is 12.7. The normalized spacial score (nSPS) is 12.7. The molecule has 0 aromatic heterocycles. The molecule has 0 aliphatic heterocycles. The number of aliphatic hydroxyl groups excluding tert-OH is 1. The van der Waals surface area contributed by atoms with E-state index in [-0.39, 0.29) is 12.6 Å². The SMILES string of the molecule is NCC(NCCCO)c1ccccc1Cl. The topological polar surface area (TPSA) is 58.3 Å². The Morgan fingerprint density at radius 3 is 2.73 bits per heavy atom. The van der Waals surface area contributed by atoms with E-state index in [1.807, 2.05) is 24.3 Å². The maximum Gasteiger partial charge on any atom is 0.0459 e. The Labute approximate surface area is 95.2 Å². The van der Waals surface area contributed by atoms with Gasteiger partial charge in [-0.2, -0.15) is 0 Å². The van der Waals surface area contributed by atoms with Crippen LogP contribution in [0.4, 0.5) is 0 Å². The van der Waals surface area contributed by atoms with Crippen LogP contribution < -0.4 is 11.1 Å². The van der Waals surface area contributed by atoms with Crippen molar-refractivity contribution in [1.82, 2.24) is 5.32 Å². The molecule has 1 rings (SSSR count). The van der Waals surface area contributed by atoms with Crippen molar-refractivity contribution < 1.29 is 5.11 Å². The molecule has 0 aliphatic rings. The lowest BCUT2D eigenvalue weighted by Crippen LogP contribution is -2.29. The molecule has 15 heavy (non-hydrogen) atoms. The van der Waals surface area contributed by atoms with E-state index >= 15 is 0 Å². The highest BCUT2D eigenvalue weighted by molar-refractivity contribution is 6.31. The molecule has 0 radical (unpaired) electrons. The van der Waals surface area contributed by atoms with Crippen LogP contribution >= 0.6 is 11.6 Å². The molecule has 1 atom stereocenters. The molecule has 4 heteroatoms. The Kier molecular flexibility index (Phi) is 5.65. The second kappa shape index (κ2) is 6.80. The molecule has 0 heterocycles. The third kappa shape index (κ3) is 3.80. The van der Waals surface area contributed by atoms with Crippen LogP contribution in [0.1, 0.15) is 18.0 Å². The first-order valence-electron chi connectivity index (χ1n) is 5.08. The third-order valence-electron chi connectivity index (χ3n) is 2.24. The monoisotopic (exact) mass is 228 g/mol. The third-order valence-corrected chi connectivity index (χ3v) is 2.59. The van der Waals surface area contributed by atoms with Gasteiger partial charge in [0.15, 0.2) is 0 Å². The van der Waals surface area contributed by atoms with Crippen molar-refractivity contribution in [3.8, 4) is 0 Å². The average Bonchev–Trinajstić information content (AvgIpc) is 2.26. The largest absolute Gasteiger partial charge is 0.396 e. The maximum absolute atomic E-state index is 8.68. The summed E-state index contributed by atoms with van der Waals surface area (Å²) in [7, 11) is 0. The summed E-state index contributed by atoms with van der Waals surface area (Å²) in [4.78, 5) is 0. The molecule has 4 N–H and O–H groups in total. The van der Waals surface area contributed by atoms with Crippen molar-refractivity contribution >= 4 is 11.6 Å². The van der Waals surface area contributed by atoms with Gasteiger partial charge in [-0.3, -0.25) is 0 Å². The van der Waals surface area contributed by atoms with Crippen LogP contribution in [-0.2, 0) is 0 Å². The van der Waals surface area contributed by atoms with Crippen LogP contribution in [0.3, 0.4) is 0 Å². The number of rotatable bonds is 6. The van der Waals surface area contributed by atoms with E-state index < -0.39 is 0 Å². The summed E-state index contributed by atoms with van der Waals surface area (Å²) in [6.45, 7) is 1.42. The molecule has 1 aromatic carbocycles. The lowest BCUT2D eigenvalue weighted by molar-refractivity contribution is 0.283. The molecule has 0 saturated heterocycles. The predicted octanol–water partition coefficient (Wildman–Crippen LogP) is 1.31. The van der Waals surface area contributed by atoms with E-state index in [4.69, 9.17) is 22.4 Å². The first-order chi connectivity index (χ1) is 7.29. The average molecular weight is 229 g/mol. The zero-order valence-corrected chi connectivity index (χ0v) is 9.37. The molecule has 0 fully saturated rings. The number of aliphatic hydroxyl groups is 1. The Bertz CT molecular complexity index is 294. The maximum atomic E-state index is 8.68. The number of hydrogen-bond donors (Lipinski definition) is 3. The first kappa shape index (κ1) is 12.5. The van der Waals surface area contributed by atoms with Gasteiger partial charge in [-0.1, -0.05) is 29.8 Å². The van der Waals surface area contributed by atoms with Gasteiger partial charge in [-0.25, -0.2) is 0 Å². The summed E-state index contributed by atoms with van der Waals surface area (Å²) in [6, 6.07) is 7.72. The fourth-order valence-corrected chi connectivity index (χ4v) is 1.70. The molecule has 0 bridgehead atoms. The molecule has 0 spiro atoms. The number of nitrogens with one attached hydrogen (secondary N) is 1. The van der Waals surface area contributed by atoms with E-state index in [0.29, 0.717) is 6.54 Å². The highest BCUT2D eigenvalue weighted by Gasteiger charge is 2.11. The fourth-order valence-electron chi connectivity index (χ4n) is 1.43. The minimum atomic E-state index is 0.0604. The zero-order valence-electron chi connectivity index (χ0n) is 8.62. The van der Waals surface area contributed by atoms with E-state index in [1.54, 1.807) is 0 Å². The first-order valence-corrected chi connectivity index (χ1v) is 5.46. The van der Waals surface area contributed by atoms with Gasteiger partial charge in [0.25, 0.3) is 0 Å². The molecule has 3 nitrogen and oxygen atoms in total. The molecule has 0 aliphatic carbocycles. The molecule has 84 valence electrons. The van der Waals surface area contributed by atoms with Crippen LogP contribution in [0.5, 0.6) is 0 Å². The van der Waals surface area contributed by atoms with Crippen molar-refractivity contribution in [2.45, 2.75) is 12.5 Å². The summed E-state index contributed by atoms with van der Waals surface area (Å²) in [6.07, 6.45) is 0.723. The van der Waals surface area contributed by atoms with E-state index in [9.17, 15) is 0 Å². The van der Waals surface area contributed by atoms with Gasteiger partial charge in [0.05, 0.1) is 0 Å². The number of hydrogen-bond acceptors (Lipinski definition) is 3. The van der Waals surface area contributed by atoms with E-state index in [1.165, 1.54) is 0 Å².